The van der Waals surface area contributed by atoms with E-state index in [9.17, 15) is 14.0 Å². The van der Waals surface area contributed by atoms with E-state index >= 15 is 0 Å². The predicted octanol–water partition coefficient (Wildman–Crippen LogP) is 4.05. The van der Waals surface area contributed by atoms with Gasteiger partial charge in [0.05, 0.1) is 30.5 Å². The molecule has 1 amide bonds. The van der Waals surface area contributed by atoms with Crippen LogP contribution in [-0.4, -0.2) is 32.7 Å². The highest BCUT2D eigenvalue weighted by Crippen LogP contribution is 2.36. The number of ether oxygens (including phenoxy) is 3. The Morgan fingerprint density at radius 1 is 1.19 bits per heavy atom. The highest BCUT2D eigenvalue weighted by Gasteiger charge is 2.17. The minimum Gasteiger partial charge on any atom is -0.493 e. The van der Waals surface area contributed by atoms with Gasteiger partial charge in [-0.25, -0.2) is 9.18 Å². The molecule has 0 bridgehead atoms. The van der Waals surface area contributed by atoms with E-state index in [1.165, 1.54) is 38.5 Å². The molecule has 26 heavy (non-hydrogen) atoms. The van der Waals surface area contributed by atoms with Gasteiger partial charge in [-0.2, -0.15) is 0 Å². The number of esters is 1. The molecule has 0 aliphatic carbocycles. The van der Waals surface area contributed by atoms with Crippen LogP contribution in [0.25, 0.3) is 0 Å². The Bertz CT molecular complexity index is 846. The molecule has 9 heteroatoms. The second kappa shape index (κ2) is 8.86. The topological polar surface area (TPSA) is 73.9 Å². The van der Waals surface area contributed by atoms with Crippen molar-refractivity contribution in [1.82, 2.24) is 0 Å². The maximum absolute atomic E-state index is 13.7. The normalized spacial score (nSPS) is 10.2. The Labute approximate surface area is 162 Å². The van der Waals surface area contributed by atoms with Gasteiger partial charge in [-0.15, -0.1) is 0 Å². The predicted molar refractivity (Wildman–Crippen MR) is 97.6 cm³/mol. The third-order valence-corrected chi connectivity index (χ3v) is 3.98. The van der Waals surface area contributed by atoms with Crippen LogP contribution in [0.1, 0.15) is 10.4 Å². The van der Waals surface area contributed by atoms with Crippen molar-refractivity contribution in [3.05, 3.63) is 51.2 Å². The first-order chi connectivity index (χ1) is 12.3. The second-order valence-electron chi connectivity index (χ2n) is 4.94. The van der Waals surface area contributed by atoms with Gasteiger partial charge in [0.1, 0.15) is 5.82 Å². The maximum atomic E-state index is 13.7. The van der Waals surface area contributed by atoms with E-state index in [1.54, 1.807) is 6.07 Å². The number of nitrogens with one attached hydrogen (secondary N) is 1. The monoisotopic (exact) mass is 445 g/mol. The number of carbonyl (C=O) groups excluding carboxylic acids is 2. The lowest BCUT2D eigenvalue weighted by Gasteiger charge is -2.12. The van der Waals surface area contributed by atoms with Crippen LogP contribution >= 0.6 is 27.5 Å². The number of benzene rings is 2. The van der Waals surface area contributed by atoms with Crippen LogP contribution in [0.15, 0.2) is 34.8 Å². The lowest BCUT2D eigenvalue weighted by molar-refractivity contribution is -0.119. The summed E-state index contributed by atoms with van der Waals surface area (Å²) in [6.07, 6.45) is 0. The summed E-state index contributed by atoms with van der Waals surface area (Å²) in [5.74, 6) is -1.58. The van der Waals surface area contributed by atoms with Crippen molar-refractivity contribution in [3.63, 3.8) is 0 Å². The summed E-state index contributed by atoms with van der Waals surface area (Å²) in [5.41, 5.74) is 0.0543. The van der Waals surface area contributed by atoms with Crippen LogP contribution in [0.2, 0.25) is 5.02 Å². The number of amides is 1. The molecule has 6 nitrogen and oxygen atoms in total. The molecule has 138 valence electrons. The van der Waals surface area contributed by atoms with Gasteiger partial charge >= 0.3 is 5.97 Å². The molecule has 2 aromatic rings. The van der Waals surface area contributed by atoms with Crippen molar-refractivity contribution in [2.45, 2.75) is 0 Å². The fraction of sp³-hybridized carbons (Fsp3) is 0.176. The SMILES string of the molecule is COc1cc(C(=O)OCC(=O)Nc2ccc(Br)cc2F)cc(Cl)c1OC. The third-order valence-electron chi connectivity index (χ3n) is 3.21. The van der Waals surface area contributed by atoms with Crippen LogP contribution in [0, 0.1) is 5.82 Å². The average Bonchev–Trinajstić information content (AvgIpc) is 2.61. The summed E-state index contributed by atoms with van der Waals surface area (Å²) in [5, 5.41) is 2.47. The van der Waals surface area contributed by atoms with Crippen molar-refractivity contribution in [1.29, 1.82) is 0 Å². The molecule has 0 aromatic heterocycles. The molecule has 0 radical (unpaired) electrons. The summed E-state index contributed by atoms with van der Waals surface area (Å²) in [6.45, 7) is -0.597. The van der Waals surface area contributed by atoms with Crippen molar-refractivity contribution in [2.75, 3.05) is 26.1 Å². The molecule has 0 fully saturated rings. The summed E-state index contributed by atoms with van der Waals surface area (Å²) in [6, 6.07) is 6.85. The van der Waals surface area contributed by atoms with Crippen LogP contribution in [-0.2, 0) is 9.53 Å². The van der Waals surface area contributed by atoms with Crippen LogP contribution in [0.3, 0.4) is 0 Å². The number of hydrogen-bond donors (Lipinski definition) is 1. The van der Waals surface area contributed by atoms with Crippen molar-refractivity contribution < 1.29 is 28.2 Å². The zero-order chi connectivity index (χ0) is 19.3. The average molecular weight is 447 g/mol. The minimum absolute atomic E-state index is 0.0246. The van der Waals surface area contributed by atoms with Gasteiger partial charge in [0.15, 0.2) is 18.1 Å². The number of rotatable bonds is 6. The third kappa shape index (κ3) is 4.86. The molecule has 1 N–H and O–H groups in total. The molecule has 0 saturated heterocycles. The van der Waals surface area contributed by atoms with Gasteiger partial charge in [-0.1, -0.05) is 27.5 Å². The summed E-state index contributed by atoms with van der Waals surface area (Å²) >= 11 is 9.13. The standard InChI is InChI=1S/C17H14BrClFNO5/c1-24-14-6-9(5-11(19)16(14)25-2)17(23)26-8-15(22)21-13-4-3-10(18)7-12(13)20/h3-7H,8H2,1-2H3,(H,21,22). The number of halogens is 3. The molecular formula is C17H14BrClFNO5. The van der Waals surface area contributed by atoms with E-state index in [1.807, 2.05) is 0 Å². The van der Waals surface area contributed by atoms with Gasteiger partial charge in [0.2, 0.25) is 0 Å². The number of hydrogen-bond acceptors (Lipinski definition) is 5. The Morgan fingerprint density at radius 3 is 2.54 bits per heavy atom. The Kier molecular flexibility index (Phi) is 6.82. The fourth-order valence-electron chi connectivity index (χ4n) is 2.03. The highest BCUT2D eigenvalue weighted by atomic mass is 79.9. The van der Waals surface area contributed by atoms with Crippen molar-refractivity contribution in [2.24, 2.45) is 0 Å². The molecule has 0 spiro atoms. The van der Waals surface area contributed by atoms with Gasteiger partial charge < -0.3 is 19.5 Å². The number of methoxy groups -OCH3 is 2. The van der Waals surface area contributed by atoms with E-state index in [2.05, 4.69) is 21.2 Å². The lowest BCUT2D eigenvalue weighted by atomic mass is 10.2. The first kappa shape index (κ1) is 20.0. The summed E-state index contributed by atoms with van der Waals surface area (Å²) < 4.78 is 29.3. The molecular weight excluding hydrogens is 433 g/mol. The van der Waals surface area contributed by atoms with E-state index in [0.717, 1.165) is 0 Å². The summed E-state index contributed by atoms with van der Waals surface area (Å²) in [7, 11) is 2.80. The highest BCUT2D eigenvalue weighted by molar-refractivity contribution is 9.10. The number of anilines is 1. The van der Waals surface area contributed by atoms with Crippen LogP contribution < -0.4 is 14.8 Å². The Balaban J connectivity index is 2.02. The van der Waals surface area contributed by atoms with Crippen LogP contribution in [0.4, 0.5) is 10.1 Å². The first-order valence-electron chi connectivity index (χ1n) is 7.19. The van der Waals surface area contributed by atoms with Crippen molar-refractivity contribution >= 4 is 45.1 Å². The van der Waals surface area contributed by atoms with E-state index in [4.69, 9.17) is 25.8 Å². The quantitative estimate of drug-likeness (QED) is 0.678. The van der Waals surface area contributed by atoms with Gasteiger partial charge in [0.25, 0.3) is 5.91 Å². The molecule has 0 unspecified atom stereocenters. The smallest absolute Gasteiger partial charge is 0.338 e. The fourth-order valence-corrected chi connectivity index (χ4v) is 2.65. The molecule has 0 saturated carbocycles. The van der Waals surface area contributed by atoms with Gasteiger partial charge in [-0.05, 0) is 30.3 Å². The van der Waals surface area contributed by atoms with E-state index in [-0.39, 0.29) is 27.8 Å². The zero-order valence-electron chi connectivity index (χ0n) is 13.8. The second-order valence-corrected chi connectivity index (χ2v) is 6.26. The largest absolute Gasteiger partial charge is 0.493 e. The molecule has 0 aliphatic rings. The molecule has 0 atom stereocenters. The Morgan fingerprint density at radius 2 is 1.92 bits per heavy atom. The van der Waals surface area contributed by atoms with Crippen molar-refractivity contribution in [3.8, 4) is 11.5 Å². The summed E-state index contributed by atoms with van der Waals surface area (Å²) in [4.78, 5) is 23.9. The number of carbonyl (C=O) groups is 2. The Hall–Kier alpha value is -2.32. The maximum Gasteiger partial charge on any atom is 0.338 e. The minimum atomic E-state index is -0.792. The van der Waals surface area contributed by atoms with E-state index < -0.39 is 24.3 Å². The molecule has 2 aromatic carbocycles. The van der Waals surface area contributed by atoms with Gasteiger partial charge in [-0.3, -0.25) is 4.79 Å². The first-order valence-corrected chi connectivity index (χ1v) is 8.36. The molecule has 0 heterocycles. The molecule has 2 rings (SSSR count). The molecule has 0 aliphatic heterocycles. The van der Waals surface area contributed by atoms with Crippen LogP contribution in [0.5, 0.6) is 11.5 Å². The van der Waals surface area contributed by atoms with E-state index in [0.29, 0.717) is 4.47 Å². The van der Waals surface area contributed by atoms with Gasteiger partial charge in [0, 0.05) is 4.47 Å². The lowest BCUT2D eigenvalue weighted by Crippen LogP contribution is -2.21. The zero-order valence-corrected chi connectivity index (χ0v) is 16.1.